The third-order valence-corrected chi connectivity index (χ3v) is 2.90. The molecule has 3 N–H and O–H groups in total. The van der Waals surface area contributed by atoms with Gasteiger partial charge in [-0.3, -0.25) is 0 Å². The van der Waals surface area contributed by atoms with Crippen molar-refractivity contribution in [3.8, 4) is 5.75 Å². The third kappa shape index (κ3) is 6.70. The van der Waals surface area contributed by atoms with Gasteiger partial charge in [0.2, 0.25) is 0 Å². The summed E-state index contributed by atoms with van der Waals surface area (Å²) in [5.74, 6) is 1.36. The quantitative estimate of drug-likeness (QED) is 0.430. The Balaban J connectivity index is 2.30. The number of unbranched alkanes of at least 4 members (excludes halogenated alkanes) is 3. The van der Waals surface area contributed by atoms with Gasteiger partial charge in [0.25, 0.3) is 0 Å². The van der Waals surface area contributed by atoms with Crippen molar-refractivity contribution in [2.24, 2.45) is 10.7 Å². The Kier molecular flexibility index (Phi) is 7.47. The number of ether oxygens (including phenoxy) is 1. The first-order valence-corrected chi connectivity index (χ1v) is 6.93. The zero-order valence-corrected chi connectivity index (χ0v) is 12.0. The first-order chi connectivity index (χ1) is 9.26. The van der Waals surface area contributed by atoms with Gasteiger partial charge in [0, 0.05) is 6.54 Å². The van der Waals surface area contributed by atoms with E-state index in [0.717, 1.165) is 24.3 Å². The molecule has 19 heavy (non-hydrogen) atoms. The van der Waals surface area contributed by atoms with E-state index in [1.807, 2.05) is 24.3 Å². The Hall–Kier alpha value is -1.71. The highest BCUT2D eigenvalue weighted by Gasteiger charge is 1.96. The van der Waals surface area contributed by atoms with Gasteiger partial charge in [0.15, 0.2) is 5.96 Å². The molecule has 0 bridgehead atoms. The summed E-state index contributed by atoms with van der Waals surface area (Å²) in [5, 5.41) is 3.14. The normalized spacial score (nSPS) is 11.4. The van der Waals surface area contributed by atoms with Crippen LogP contribution in [0.1, 0.15) is 38.2 Å². The molecule has 4 nitrogen and oxygen atoms in total. The maximum atomic E-state index is 5.81. The lowest BCUT2D eigenvalue weighted by Crippen LogP contribution is -2.32. The van der Waals surface area contributed by atoms with Gasteiger partial charge in [0.1, 0.15) is 5.75 Å². The lowest BCUT2D eigenvalue weighted by molar-refractivity contribution is 0.414. The summed E-state index contributed by atoms with van der Waals surface area (Å²) in [5.41, 5.74) is 6.91. The van der Waals surface area contributed by atoms with E-state index in [9.17, 15) is 0 Å². The van der Waals surface area contributed by atoms with E-state index < -0.39 is 0 Å². The second-order valence-electron chi connectivity index (χ2n) is 4.54. The first-order valence-electron chi connectivity index (χ1n) is 6.93. The summed E-state index contributed by atoms with van der Waals surface area (Å²) in [4.78, 5) is 4.32. The average molecular weight is 263 g/mol. The van der Waals surface area contributed by atoms with E-state index in [0.29, 0.717) is 12.5 Å². The molecule has 1 rings (SSSR count). The summed E-state index contributed by atoms with van der Waals surface area (Å²) >= 11 is 0. The minimum atomic E-state index is 0.513. The van der Waals surface area contributed by atoms with Crippen molar-refractivity contribution in [3.63, 3.8) is 0 Å². The molecule has 0 spiro atoms. The van der Waals surface area contributed by atoms with Crippen molar-refractivity contribution < 1.29 is 4.74 Å². The maximum absolute atomic E-state index is 5.81. The molecule has 0 aliphatic rings. The van der Waals surface area contributed by atoms with Crippen LogP contribution in [-0.2, 0) is 6.54 Å². The standard InChI is InChI=1S/C15H25N3O/c1-3-4-5-6-10-17-15(16)18-12-13-8-7-9-14(11-13)19-2/h7-9,11H,3-6,10,12H2,1-2H3,(H3,16,17,18). The Morgan fingerprint density at radius 2 is 2.16 bits per heavy atom. The van der Waals surface area contributed by atoms with Crippen LogP contribution in [-0.4, -0.2) is 19.6 Å². The maximum Gasteiger partial charge on any atom is 0.188 e. The van der Waals surface area contributed by atoms with Crippen LogP contribution >= 0.6 is 0 Å². The van der Waals surface area contributed by atoms with Crippen molar-refractivity contribution in [1.29, 1.82) is 0 Å². The average Bonchev–Trinajstić information content (AvgIpc) is 2.45. The van der Waals surface area contributed by atoms with Gasteiger partial charge in [-0.1, -0.05) is 38.3 Å². The Morgan fingerprint density at radius 1 is 1.32 bits per heavy atom. The van der Waals surface area contributed by atoms with Crippen LogP contribution in [0, 0.1) is 0 Å². The summed E-state index contributed by atoms with van der Waals surface area (Å²) in [6.07, 6.45) is 4.91. The summed E-state index contributed by atoms with van der Waals surface area (Å²) in [7, 11) is 1.66. The van der Waals surface area contributed by atoms with Crippen LogP contribution in [0.15, 0.2) is 29.3 Å². The summed E-state index contributed by atoms with van der Waals surface area (Å²) < 4.78 is 5.17. The molecule has 1 aromatic carbocycles. The number of benzene rings is 1. The van der Waals surface area contributed by atoms with E-state index in [1.54, 1.807) is 7.11 Å². The van der Waals surface area contributed by atoms with Gasteiger partial charge < -0.3 is 15.8 Å². The van der Waals surface area contributed by atoms with Crippen LogP contribution in [0.5, 0.6) is 5.75 Å². The third-order valence-electron chi connectivity index (χ3n) is 2.90. The lowest BCUT2D eigenvalue weighted by Gasteiger charge is -2.06. The smallest absolute Gasteiger partial charge is 0.188 e. The van der Waals surface area contributed by atoms with Gasteiger partial charge >= 0.3 is 0 Å². The fraction of sp³-hybridized carbons (Fsp3) is 0.533. The minimum Gasteiger partial charge on any atom is -0.497 e. The minimum absolute atomic E-state index is 0.513. The van der Waals surface area contributed by atoms with E-state index in [4.69, 9.17) is 10.5 Å². The fourth-order valence-electron chi connectivity index (χ4n) is 1.77. The summed E-state index contributed by atoms with van der Waals surface area (Å²) in [6.45, 7) is 3.68. The first kappa shape index (κ1) is 15.3. The number of aliphatic imine (C=N–C) groups is 1. The molecule has 0 saturated carbocycles. The van der Waals surface area contributed by atoms with Gasteiger partial charge in [-0.25, -0.2) is 4.99 Å². The van der Waals surface area contributed by atoms with E-state index in [-0.39, 0.29) is 0 Å². The molecule has 0 radical (unpaired) electrons. The number of hydrogen-bond donors (Lipinski definition) is 2. The molecular weight excluding hydrogens is 238 g/mol. The van der Waals surface area contributed by atoms with Gasteiger partial charge in [-0.2, -0.15) is 0 Å². The summed E-state index contributed by atoms with van der Waals surface area (Å²) in [6, 6.07) is 7.86. The second-order valence-corrected chi connectivity index (χ2v) is 4.54. The van der Waals surface area contributed by atoms with Gasteiger partial charge in [-0.15, -0.1) is 0 Å². The highest BCUT2D eigenvalue weighted by molar-refractivity contribution is 5.77. The van der Waals surface area contributed by atoms with Crippen LogP contribution in [0.2, 0.25) is 0 Å². The Labute approximate surface area is 116 Å². The number of nitrogens with two attached hydrogens (primary N) is 1. The monoisotopic (exact) mass is 263 g/mol. The zero-order valence-electron chi connectivity index (χ0n) is 12.0. The van der Waals surface area contributed by atoms with Crippen molar-refractivity contribution >= 4 is 5.96 Å². The number of rotatable bonds is 8. The van der Waals surface area contributed by atoms with Crippen molar-refractivity contribution in [2.45, 2.75) is 39.2 Å². The predicted molar refractivity (Wildman–Crippen MR) is 80.5 cm³/mol. The fourth-order valence-corrected chi connectivity index (χ4v) is 1.77. The van der Waals surface area contributed by atoms with E-state index in [2.05, 4.69) is 17.2 Å². The SMILES string of the molecule is CCCCCCNC(N)=NCc1cccc(OC)c1. The Morgan fingerprint density at radius 3 is 2.89 bits per heavy atom. The molecule has 0 amide bonds. The molecule has 0 heterocycles. The molecule has 0 aliphatic heterocycles. The Bertz CT molecular complexity index is 391. The highest BCUT2D eigenvalue weighted by Crippen LogP contribution is 2.12. The van der Waals surface area contributed by atoms with Crippen molar-refractivity contribution in [3.05, 3.63) is 29.8 Å². The molecule has 0 unspecified atom stereocenters. The van der Waals surface area contributed by atoms with E-state index >= 15 is 0 Å². The van der Waals surface area contributed by atoms with Gasteiger partial charge in [0.05, 0.1) is 13.7 Å². The highest BCUT2D eigenvalue weighted by atomic mass is 16.5. The number of nitrogens with one attached hydrogen (secondary N) is 1. The van der Waals surface area contributed by atoms with Crippen LogP contribution in [0.4, 0.5) is 0 Å². The molecule has 106 valence electrons. The molecule has 1 aromatic rings. The number of methoxy groups -OCH3 is 1. The largest absolute Gasteiger partial charge is 0.497 e. The lowest BCUT2D eigenvalue weighted by atomic mass is 10.2. The predicted octanol–water partition coefficient (Wildman–Crippen LogP) is 2.68. The van der Waals surface area contributed by atoms with Crippen molar-refractivity contribution in [2.75, 3.05) is 13.7 Å². The van der Waals surface area contributed by atoms with Crippen LogP contribution < -0.4 is 15.8 Å². The zero-order chi connectivity index (χ0) is 13.9. The van der Waals surface area contributed by atoms with Gasteiger partial charge in [-0.05, 0) is 24.1 Å². The molecular formula is C15H25N3O. The molecule has 0 aromatic heterocycles. The van der Waals surface area contributed by atoms with E-state index in [1.165, 1.54) is 19.3 Å². The second kappa shape index (κ2) is 9.25. The molecule has 0 saturated heterocycles. The molecule has 0 aliphatic carbocycles. The number of guanidine groups is 1. The van der Waals surface area contributed by atoms with Crippen LogP contribution in [0.25, 0.3) is 0 Å². The number of hydrogen-bond acceptors (Lipinski definition) is 2. The van der Waals surface area contributed by atoms with Crippen molar-refractivity contribution in [1.82, 2.24) is 5.32 Å². The number of nitrogens with zero attached hydrogens (tertiary/aromatic N) is 1. The molecule has 4 heteroatoms. The molecule has 0 atom stereocenters. The molecule has 0 fully saturated rings. The topological polar surface area (TPSA) is 59.6 Å². The van der Waals surface area contributed by atoms with Crippen LogP contribution in [0.3, 0.4) is 0 Å².